The molecule has 0 aliphatic heterocycles. The maximum atomic E-state index is 12.1. The van der Waals surface area contributed by atoms with Crippen molar-refractivity contribution >= 4 is 23.2 Å². The van der Waals surface area contributed by atoms with Crippen LogP contribution in [0.5, 0.6) is 0 Å². The van der Waals surface area contributed by atoms with Gasteiger partial charge >= 0.3 is 0 Å². The molecule has 0 spiro atoms. The van der Waals surface area contributed by atoms with Crippen molar-refractivity contribution in [3.05, 3.63) is 81.4 Å². The van der Waals surface area contributed by atoms with Gasteiger partial charge in [-0.3, -0.25) is 19.3 Å². The molecule has 0 fully saturated rings. The number of primary amides is 1. The van der Waals surface area contributed by atoms with Crippen LogP contribution in [-0.4, -0.2) is 21.3 Å². The van der Waals surface area contributed by atoms with Crippen molar-refractivity contribution in [2.45, 2.75) is 19.0 Å². The lowest BCUT2D eigenvalue weighted by molar-refractivity contribution is -0.120. The first-order valence-electron chi connectivity index (χ1n) is 7.77. The number of aromatic nitrogens is 2. The van der Waals surface area contributed by atoms with Crippen molar-refractivity contribution in [1.29, 1.82) is 0 Å². The molecule has 3 N–H and O–H groups in total. The van der Waals surface area contributed by atoms with E-state index in [1.165, 1.54) is 10.5 Å². The monoisotopic (exact) mass is 356 g/mol. The molecule has 3 aromatic rings. The molecule has 6 nitrogen and oxygen atoms in total. The number of rotatable bonds is 6. The first-order valence-corrected chi connectivity index (χ1v) is 8.15. The third-order valence-corrected chi connectivity index (χ3v) is 4.10. The highest BCUT2D eigenvalue weighted by Gasteiger charge is 2.16. The van der Waals surface area contributed by atoms with Crippen molar-refractivity contribution in [2.75, 3.05) is 0 Å². The van der Waals surface area contributed by atoms with Crippen molar-refractivity contribution in [1.82, 2.24) is 14.7 Å². The van der Waals surface area contributed by atoms with Crippen LogP contribution in [0.15, 0.2) is 59.5 Å². The van der Waals surface area contributed by atoms with Crippen molar-refractivity contribution in [3.63, 3.8) is 0 Å². The van der Waals surface area contributed by atoms with Crippen LogP contribution in [0.25, 0.3) is 5.65 Å². The van der Waals surface area contributed by atoms with E-state index in [2.05, 4.69) is 10.3 Å². The van der Waals surface area contributed by atoms with Crippen molar-refractivity contribution in [3.8, 4) is 0 Å². The number of pyridine rings is 1. The molecule has 7 heteroatoms. The van der Waals surface area contributed by atoms with Crippen molar-refractivity contribution < 1.29 is 4.79 Å². The van der Waals surface area contributed by atoms with Gasteiger partial charge in [0.05, 0.1) is 11.7 Å². The Hall–Kier alpha value is -2.70. The Kier molecular flexibility index (Phi) is 5.11. The number of amides is 1. The smallest absolute Gasteiger partial charge is 0.258 e. The zero-order chi connectivity index (χ0) is 17.8. The normalized spacial score (nSPS) is 12.2. The van der Waals surface area contributed by atoms with E-state index in [0.717, 1.165) is 5.56 Å². The molecule has 0 aliphatic rings. The molecule has 1 atom stereocenters. The Morgan fingerprint density at radius 2 is 2.00 bits per heavy atom. The molecule has 2 aromatic heterocycles. The van der Waals surface area contributed by atoms with Crippen LogP contribution in [0, 0.1) is 0 Å². The summed E-state index contributed by atoms with van der Waals surface area (Å²) >= 11 is 5.87. The van der Waals surface area contributed by atoms with Gasteiger partial charge in [-0.2, -0.15) is 0 Å². The largest absolute Gasteiger partial charge is 0.368 e. The van der Waals surface area contributed by atoms with Gasteiger partial charge in [0.25, 0.3) is 5.56 Å². The van der Waals surface area contributed by atoms with Gasteiger partial charge in [-0.15, -0.1) is 0 Å². The fourth-order valence-corrected chi connectivity index (χ4v) is 2.68. The highest BCUT2D eigenvalue weighted by atomic mass is 35.5. The summed E-state index contributed by atoms with van der Waals surface area (Å²) in [6.45, 7) is 0.266. The molecule has 1 unspecified atom stereocenters. The molecule has 0 bridgehead atoms. The molecule has 1 amide bonds. The Balaban J connectivity index is 1.74. The summed E-state index contributed by atoms with van der Waals surface area (Å²) in [5, 5.41) is 3.70. The van der Waals surface area contributed by atoms with Gasteiger partial charge in [0.2, 0.25) is 5.91 Å². The Bertz CT molecular complexity index is 953. The minimum absolute atomic E-state index is 0.171. The highest BCUT2D eigenvalue weighted by molar-refractivity contribution is 6.30. The van der Waals surface area contributed by atoms with E-state index in [9.17, 15) is 9.59 Å². The van der Waals surface area contributed by atoms with Crippen LogP contribution in [0.4, 0.5) is 0 Å². The number of hydrogen-bond donors (Lipinski definition) is 2. The fourth-order valence-electron chi connectivity index (χ4n) is 2.55. The Labute approximate surface area is 149 Å². The predicted molar refractivity (Wildman–Crippen MR) is 96.4 cm³/mol. The summed E-state index contributed by atoms with van der Waals surface area (Å²) < 4.78 is 1.46. The van der Waals surface area contributed by atoms with Crippen LogP contribution in [0.2, 0.25) is 5.02 Å². The summed E-state index contributed by atoms with van der Waals surface area (Å²) in [6.07, 6.45) is 2.09. The van der Waals surface area contributed by atoms with E-state index < -0.39 is 11.9 Å². The SMILES string of the molecule is NC(=O)C(Cc1ccc(Cl)cc1)NCc1cc(=O)n2ccccc2n1. The molecule has 0 aliphatic carbocycles. The number of halogens is 1. The molecular weight excluding hydrogens is 340 g/mol. The molecule has 0 radical (unpaired) electrons. The molecule has 25 heavy (non-hydrogen) atoms. The van der Waals surface area contributed by atoms with E-state index in [0.29, 0.717) is 22.8 Å². The summed E-state index contributed by atoms with van der Waals surface area (Å²) in [6, 6.07) is 13.4. The first-order chi connectivity index (χ1) is 12.0. The third kappa shape index (κ3) is 4.23. The molecule has 0 saturated heterocycles. The lowest BCUT2D eigenvalue weighted by Crippen LogP contribution is -2.42. The number of nitrogens with zero attached hydrogens (tertiary/aromatic N) is 2. The lowest BCUT2D eigenvalue weighted by Gasteiger charge is -2.15. The van der Waals surface area contributed by atoms with Crippen LogP contribution < -0.4 is 16.6 Å². The average molecular weight is 357 g/mol. The van der Waals surface area contributed by atoms with Crippen LogP contribution in [0.3, 0.4) is 0 Å². The van der Waals surface area contributed by atoms with Crippen molar-refractivity contribution in [2.24, 2.45) is 5.73 Å². The van der Waals surface area contributed by atoms with Crippen LogP contribution >= 0.6 is 11.6 Å². The molecule has 1 aromatic carbocycles. The quantitative estimate of drug-likeness (QED) is 0.701. The van der Waals surface area contributed by atoms with Gasteiger partial charge in [0.1, 0.15) is 5.65 Å². The molecule has 3 rings (SSSR count). The number of carbonyl (C=O) groups is 1. The van der Waals surface area contributed by atoms with E-state index >= 15 is 0 Å². The minimum Gasteiger partial charge on any atom is -0.368 e. The van der Waals surface area contributed by atoms with Crippen LogP contribution in [0.1, 0.15) is 11.3 Å². The maximum absolute atomic E-state index is 12.1. The zero-order valence-electron chi connectivity index (χ0n) is 13.4. The highest BCUT2D eigenvalue weighted by Crippen LogP contribution is 2.11. The predicted octanol–water partition coefficient (Wildman–Crippen LogP) is 1.53. The van der Waals surface area contributed by atoms with Gasteiger partial charge in [0, 0.05) is 23.8 Å². The first kappa shape index (κ1) is 17.1. The second-order valence-electron chi connectivity index (χ2n) is 5.68. The van der Waals surface area contributed by atoms with E-state index in [-0.39, 0.29) is 12.1 Å². The Morgan fingerprint density at radius 3 is 2.72 bits per heavy atom. The second kappa shape index (κ2) is 7.46. The standard InChI is InChI=1S/C18H17ClN4O2/c19-13-6-4-12(5-7-13)9-15(18(20)25)21-11-14-10-17(24)23-8-2-1-3-16(23)22-14/h1-8,10,15,21H,9,11H2,(H2,20,25). The maximum Gasteiger partial charge on any atom is 0.258 e. The topological polar surface area (TPSA) is 89.5 Å². The number of carbonyl (C=O) groups excluding carboxylic acids is 1. The van der Waals surface area contributed by atoms with E-state index in [4.69, 9.17) is 17.3 Å². The fraction of sp³-hybridized carbons (Fsp3) is 0.167. The number of nitrogens with one attached hydrogen (secondary N) is 1. The Morgan fingerprint density at radius 1 is 1.24 bits per heavy atom. The molecular formula is C18H17ClN4O2. The van der Waals surface area contributed by atoms with Gasteiger partial charge in [0.15, 0.2) is 0 Å². The summed E-state index contributed by atoms with van der Waals surface area (Å²) in [4.78, 5) is 28.2. The number of fused-ring (bicyclic) bond motifs is 1. The average Bonchev–Trinajstić information content (AvgIpc) is 2.60. The lowest BCUT2D eigenvalue weighted by atomic mass is 10.1. The summed E-state index contributed by atoms with van der Waals surface area (Å²) in [5.41, 5.74) is 7.36. The number of benzene rings is 1. The van der Waals surface area contributed by atoms with Gasteiger partial charge in [-0.05, 0) is 36.2 Å². The second-order valence-corrected chi connectivity index (χ2v) is 6.12. The summed E-state index contributed by atoms with van der Waals surface area (Å²) in [7, 11) is 0. The van der Waals surface area contributed by atoms with Gasteiger partial charge < -0.3 is 5.73 Å². The van der Waals surface area contributed by atoms with E-state index in [1.807, 2.05) is 18.2 Å². The van der Waals surface area contributed by atoms with Gasteiger partial charge in [-0.25, -0.2) is 4.98 Å². The van der Waals surface area contributed by atoms with E-state index in [1.54, 1.807) is 30.5 Å². The van der Waals surface area contributed by atoms with Crippen LogP contribution in [-0.2, 0) is 17.8 Å². The van der Waals surface area contributed by atoms with Gasteiger partial charge in [-0.1, -0.05) is 29.8 Å². The zero-order valence-corrected chi connectivity index (χ0v) is 14.1. The number of nitrogens with two attached hydrogens (primary N) is 1. The third-order valence-electron chi connectivity index (χ3n) is 3.85. The minimum atomic E-state index is -0.572. The summed E-state index contributed by atoms with van der Waals surface area (Å²) in [5.74, 6) is -0.465. The molecule has 128 valence electrons. The molecule has 0 saturated carbocycles. The molecule has 2 heterocycles. The number of hydrogen-bond acceptors (Lipinski definition) is 4.